The van der Waals surface area contributed by atoms with Gasteiger partial charge >= 0.3 is 0 Å². The van der Waals surface area contributed by atoms with E-state index >= 15 is 0 Å². The predicted molar refractivity (Wildman–Crippen MR) is 106 cm³/mol. The Morgan fingerprint density at radius 3 is 2.81 bits per heavy atom. The summed E-state index contributed by atoms with van der Waals surface area (Å²) in [5.41, 5.74) is 4.22. The molecule has 0 atom stereocenters. The van der Waals surface area contributed by atoms with E-state index < -0.39 is 0 Å². The molecule has 0 aliphatic carbocycles. The maximum atomic E-state index is 12.2. The number of hydrogen-bond donors (Lipinski definition) is 2. The largest absolute Gasteiger partial charge is 0.440 e. The van der Waals surface area contributed by atoms with Crippen molar-refractivity contribution in [2.45, 2.75) is 39.0 Å². The van der Waals surface area contributed by atoms with Crippen molar-refractivity contribution in [1.82, 2.24) is 15.0 Å². The van der Waals surface area contributed by atoms with Crippen molar-refractivity contribution in [3.8, 4) is 0 Å². The SMILES string of the molecule is CC(C)c1nc2cc(NC(=O)CCCc3nc4ccccc4[nH]3)ccc2o1. The number of aryl methyl sites for hydroxylation is 1. The zero-order chi connectivity index (χ0) is 18.8. The predicted octanol–water partition coefficient (Wildman–Crippen LogP) is 4.79. The zero-order valence-electron chi connectivity index (χ0n) is 15.5. The summed E-state index contributed by atoms with van der Waals surface area (Å²) in [7, 11) is 0. The van der Waals surface area contributed by atoms with Gasteiger partial charge in [-0.1, -0.05) is 26.0 Å². The Kier molecular flexibility index (Phi) is 4.62. The molecule has 2 aromatic carbocycles. The third-order valence-electron chi connectivity index (χ3n) is 4.44. The van der Waals surface area contributed by atoms with E-state index in [0.29, 0.717) is 12.3 Å². The third kappa shape index (κ3) is 3.84. The summed E-state index contributed by atoms with van der Waals surface area (Å²) in [5, 5.41) is 2.93. The summed E-state index contributed by atoms with van der Waals surface area (Å²) < 4.78 is 5.69. The van der Waals surface area contributed by atoms with Gasteiger partial charge in [0, 0.05) is 24.4 Å². The highest BCUT2D eigenvalue weighted by molar-refractivity contribution is 5.92. The van der Waals surface area contributed by atoms with E-state index in [4.69, 9.17) is 4.42 Å². The lowest BCUT2D eigenvalue weighted by Gasteiger charge is -2.04. The van der Waals surface area contributed by atoms with E-state index in [0.717, 1.165) is 46.5 Å². The van der Waals surface area contributed by atoms with Crippen LogP contribution in [0.3, 0.4) is 0 Å². The number of aromatic nitrogens is 3. The van der Waals surface area contributed by atoms with Crippen LogP contribution in [0, 0.1) is 0 Å². The standard InChI is InChI=1S/C21H22N4O2/c1-13(2)21-25-17-12-14(10-11-18(17)27-21)22-20(26)9-5-8-19-23-15-6-3-4-7-16(15)24-19/h3-4,6-7,10-13H,5,8-9H2,1-2H3,(H,22,26)(H,23,24). The molecular weight excluding hydrogens is 340 g/mol. The molecule has 6 heteroatoms. The first-order chi connectivity index (χ1) is 13.1. The topological polar surface area (TPSA) is 83.8 Å². The number of imidazole rings is 1. The van der Waals surface area contributed by atoms with Crippen molar-refractivity contribution in [3.05, 3.63) is 54.2 Å². The number of aromatic amines is 1. The van der Waals surface area contributed by atoms with Crippen molar-refractivity contribution in [2.24, 2.45) is 0 Å². The van der Waals surface area contributed by atoms with Gasteiger partial charge in [-0.25, -0.2) is 9.97 Å². The summed E-state index contributed by atoms with van der Waals surface area (Å²) in [6.07, 6.45) is 1.91. The van der Waals surface area contributed by atoms with Crippen molar-refractivity contribution < 1.29 is 9.21 Å². The number of nitrogens with one attached hydrogen (secondary N) is 2. The van der Waals surface area contributed by atoms with Gasteiger partial charge in [-0.2, -0.15) is 0 Å². The number of H-pyrrole nitrogens is 1. The first-order valence-corrected chi connectivity index (χ1v) is 9.22. The fourth-order valence-corrected chi connectivity index (χ4v) is 3.03. The average molecular weight is 362 g/mol. The molecule has 4 aromatic rings. The number of para-hydroxylation sites is 2. The Balaban J connectivity index is 1.34. The van der Waals surface area contributed by atoms with Crippen molar-refractivity contribution >= 4 is 33.7 Å². The molecule has 0 aliphatic rings. The third-order valence-corrected chi connectivity index (χ3v) is 4.44. The maximum Gasteiger partial charge on any atom is 0.224 e. The van der Waals surface area contributed by atoms with Gasteiger partial charge in [0.15, 0.2) is 11.5 Å². The van der Waals surface area contributed by atoms with Crippen LogP contribution in [0.1, 0.15) is 44.3 Å². The summed E-state index contributed by atoms with van der Waals surface area (Å²) >= 11 is 0. The number of amides is 1. The minimum absolute atomic E-state index is 0.0157. The lowest BCUT2D eigenvalue weighted by Crippen LogP contribution is -2.11. The zero-order valence-corrected chi connectivity index (χ0v) is 15.5. The second-order valence-electron chi connectivity index (χ2n) is 6.99. The molecule has 0 saturated carbocycles. The normalized spacial score (nSPS) is 11.5. The molecule has 0 bridgehead atoms. The molecule has 4 rings (SSSR count). The van der Waals surface area contributed by atoms with Crippen molar-refractivity contribution in [1.29, 1.82) is 0 Å². The van der Waals surface area contributed by atoms with Gasteiger partial charge in [0.2, 0.25) is 5.91 Å². The van der Waals surface area contributed by atoms with E-state index in [-0.39, 0.29) is 11.8 Å². The van der Waals surface area contributed by atoms with Crippen molar-refractivity contribution in [3.63, 3.8) is 0 Å². The number of anilines is 1. The summed E-state index contributed by atoms with van der Waals surface area (Å²) in [6, 6.07) is 13.5. The molecule has 0 fully saturated rings. The fraction of sp³-hybridized carbons (Fsp3) is 0.286. The first kappa shape index (κ1) is 17.3. The molecular formula is C21H22N4O2. The number of rotatable bonds is 6. The first-order valence-electron chi connectivity index (χ1n) is 9.22. The Morgan fingerprint density at radius 1 is 1.15 bits per heavy atom. The highest BCUT2D eigenvalue weighted by atomic mass is 16.3. The highest BCUT2D eigenvalue weighted by Gasteiger charge is 2.11. The molecule has 0 saturated heterocycles. The van der Waals surface area contributed by atoms with E-state index in [9.17, 15) is 4.79 Å². The molecule has 27 heavy (non-hydrogen) atoms. The number of benzene rings is 2. The summed E-state index contributed by atoms with van der Waals surface area (Å²) in [6.45, 7) is 4.07. The van der Waals surface area contributed by atoms with Gasteiger partial charge in [-0.3, -0.25) is 4.79 Å². The monoisotopic (exact) mass is 362 g/mol. The fourth-order valence-electron chi connectivity index (χ4n) is 3.03. The van der Waals surface area contributed by atoms with Gasteiger partial charge in [-0.15, -0.1) is 0 Å². The second kappa shape index (κ2) is 7.23. The molecule has 0 radical (unpaired) electrons. The van der Waals surface area contributed by atoms with Crippen LogP contribution in [0.15, 0.2) is 46.9 Å². The number of nitrogens with zero attached hydrogens (tertiary/aromatic N) is 2. The lowest BCUT2D eigenvalue weighted by molar-refractivity contribution is -0.116. The Bertz CT molecular complexity index is 1060. The van der Waals surface area contributed by atoms with Crippen LogP contribution in [0.4, 0.5) is 5.69 Å². The number of fused-ring (bicyclic) bond motifs is 2. The van der Waals surface area contributed by atoms with Crippen LogP contribution in [0.2, 0.25) is 0 Å². The van der Waals surface area contributed by atoms with E-state index in [1.165, 1.54) is 0 Å². The van der Waals surface area contributed by atoms with Crippen LogP contribution >= 0.6 is 0 Å². The minimum Gasteiger partial charge on any atom is -0.440 e. The molecule has 138 valence electrons. The van der Waals surface area contributed by atoms with Crippen molar-refractivity contribution in [2.75, 3.05) is 5.32 Å². The van der Waals surface area contributed by atoms with Crippen LogP contribution in [-0.4, -0.2) is 20.9 Å². The molecule has 2 heterocycles. The van der Waals surface area contributed by atoms with Gasteiger partial charge in [0.25, 0.3) is 0 Å². The summed E-state index contributed by atoms with van der Waals surface area (Å²) in [4.78, 5) is 24.5. The number of hydrogen-bond acceptors (Lipinski definition) is 4. The van der Waals surface area contributed by atoms with Crippen LogP contribution in [0.5, 0.6) is 0 Å². The number of oxazole rings is 1. The van der Waals surface area contributed by atoms with Crippen LogP contribution < -0.4 is 5.32 Å². The molecule has 6 nitrogen and oxygen atoms in total. The van der Waals surface area contributed by atoms with Crippen LogP contribution in [0.25, 0.3) is 22.1 Å². The molecule has 0 aliphatic heterocycles. The molecule has 1 amide bonds. The van der Waals surface area contributed by atoms with Gasteiger partial charge in [0.1, 0.15) is 11.3 Å². The highest BCUT2D eigenvalue weighted by Crippen LogP contribution is 2.24. The second-order valence-corrected chi connectivity index (χ2v) is 6.99. The van der Waals surface area contributed by atoms with Gasteiger partial charge in [0.05, 0.1) is 11.0 Å². The maximum absolute atomic E-state index is 12.2. The average Bonchev–Trinajstić information content (AvgIpc) is 3.24. The Labute approximate surface area is 157 Å². The molecule has 2 N–H and O–H groups in total. The smallest absolute Gasteiger partial charge is 0.224 e. The van der Waals surface area contributed by atoms with Gasteiger partial charge in [-0.05, 0) is 36.8 Å². The molecule has 2 aromatic heterocycles. The van der Waals surface area contributed by atoms with Crippen LogP contribution in [-0.2, 0) is 11.2 Å². The quantitative estimate of drug-likeness (QED) is 0.516. The molecule has 0 unspecified atom stereocenters. The van der Waals surface area contributed by atoms with Gasteiger partial charge < -0.3 is 14.7 Å². The van der Waals surface area contributed by atoms with E-state index in [1.807, 2.05) is 56.3 Å². The summed E-state index contributed by atoms with van der Waals surface area (Å²) in [5.74, 6) is 1.83. The molecule has 0 spiro atoms. The Morgan fingerprint density at radius 2 is 2.00 bits per heavy atom. The minimum atomic E-state index is -0.0157. The van der Waals surface area contributed by atoms with E-state index in [1.54, 1.807) is 0 Å². The van der Waals surface area contributed by atoms with E-state index in [2.05, 4.69) is 20.3 Å². The Hall–Kier alpha value is -3.15. The number of carbonyl (C=O) groups excluding carboxylic acids is 1. The lowest BCUT2D eigenvalue weighted by atomic mass is 10.2. The number of carbonyl (C=O) groups is 1.